The van der Waals surface area contributed by atoms with E-state index in [1.807, 2.05) is 0 Å². The number of amides is 1. The number of aliphatic hydroxyl groups is 1. The van der Waals surface area contributed by atoms with Gasteiger partial charge in [0.2, 0.25) is 5.91 Å². The topological polar surface area (TPSA) is 253 Å². The highest BCUT2D eigenvalue weighted by molar-refractivity contribution is 5.77. The van der Waals surface area contributed by atoms with E-state index in [4.69, 9.17) is 37.6 Å². The van der Waals surface area contributed by atoms with Crippen LogP contribution in [0.25, 0.3) is 0 Å². The van der Waals surface area contributed by atoms with E-state index in [0.29, 0.717) is 0 Å². The monoisotopic (exact) mass is 340 g/mol. The third-order valence-corrected chi connectivity index (χ3v) is 2.00. The summed E-state index contributed by atoms with van der Waals surface area (Å²) in [5, 5.41) is 32.4. The van der Waals surface area contributed by atoms with Crippen molar-refractivity contribution in [2.75, 3.05) is 6.54 Å². The number of rotatable bonds is 7. The van der Waals surface area contributed by atoms with Gasteiger partial charge in [-0.25, -0.2) is 0 Å². The molecule has 3 unspecified atom stereocenters. The fourth-order valence-corrected chi connectivity index (χ4v) is 0.628. The van der Waals surface area contributed by atoms with Crippen molar-refractivity contribution in [3.63, 3.8) is 0 Å². The SMILES string of the molecule is CC(O)C(N)C(=O)O.NC(=O)CCC(N)C(=O)O.NCC(=O)O. The lowest BCUT2D eigenvalue weighted by Gasteiger charge is -2.06. The summed E-state index contributed by atoms with van der Waals surface area (Å²) in [6.45, 7) is 1.05. The van der Waals surface area contributed by atoms with Crippen molar-refractivity contribution in [1.29, 1.82) is 0 Å². The maximum atomic E-state index is 10.1. The molecule has 0 aromatic heterocycles. The van der Waals surface area contributed by atoms with Gasteiger partial charge in [0, 0.05) is 6.42 Å². The summed E-state index contributed by atoms with van der Waals surface area (Å²) in [5.74, 6) is -3.79. The molecule has 0 aliphatic heterocycles. The Morgan fingerprint density at radius 1 is 1.00 bits per heavy atom. The van der Waals surface area contributed by atoms with Crippen LogP contribution in [-0.2, 0) is 19.2 Å². The molecule has 0 aromatic carbocycles. The summed E-state index contributed by atoms with van der Waals surface area (Å²) < 4.78 is 0. The molecule has 0 fully saturated rings. The maximum Gasteiger partial charge on any atom is 0.323 e. The van der Waals surface area contributed by atoms with Gasteiger partial charge in [0.25, 0.3) is 0 Å². The Kier molecular flexibility index (Phi) is 16.3. The summed E-state index contributed by atoms with van der Waals surface area (Å²) in [5.41, 5.74) is 19.3. The minimum Gasteiger partial charge on any atom is -0.480 e. The van der Waals surface area contributed by atoms with Crippen molar-refractivity contribution in [2.45, 2.75) is 38.0 Å². The molecule has 0 rings (SSSR count). The zero-order valence-electron chi connectivity index (χ0n) is 12.6. The summed E-state index contributed by atoms with van der Waals surface area (Å²) in [4.78, 5) is 39.2. The third kappa shape index (κ3) is 22.1. The normalized spacial score (nSPS) is 13.1. The van der Waals surface area contributed by atoms with E-state index in [9.17, 15) is 19.2 Å². The first kappa shape index (κ1) is 25.7. The van der Waals surface area contributed by atoms with Crippen molar-refractivity contribution in [3.8, 4) is 0 Å². The van der Waals surface area contributed by atoms with Crippen molar-refractivity contribution in [3.05, 3.63) is 0 Å². The van der Waals surface area contributed by atoms with Crippen molar-refractivity contribution >= 4 is 23.8 Å². The van der Waals surface area contributed by atoms with Gasteiger partial charge in [0.15, 0.2) is 0 Å². The summed E-state index contributed by atoms with van der Waals surface area (Å²) in [7, 11) is 0. The second-order valence-electron chi connectivity index (χ2n) is 4.15. The molecule has 0 aromatic rings. The minimum atomic E-state index is -1.18. The molecule has 0 spiro atoms. The molecule has 0 saturated heterocycles. The van der Waals surface area contributed by atoms with Crippen LogP contribution in [-0.4, -0.2) is 69.0 Å². The van der Waals surface area contributed by atoms with Gasteiger partial charge >= 0.3 is 17.9 Å². The van der Waals surface area contributed by atoms with Crippen LogP contribution in [0.1, 0.15) is 19.8 Å². The number of carbonyl (C=O) groups is 4. The fraction of sp³-hybridized carbons (Fsp3) is 0.636. The van der Waals surface area contributed by atoms with Crippen molar-refractivity contribution in [1.82, 2.24) is 0 Å². The third-order valence-electron chi connectivity index (χ3n) is 2.00. The zero-order chi connectivity index (χ0) is 19.2. The van der Waals surface area contributed by atoms with E-state index < -0.39 is 42.0 Å². The molecule has 0 heterocycles. The average Bonchev–Trinajstić information content (AvgIpc) is 2.44. The van der Waals surface area contributed by atoms with Gasteiger partial charge in [-0.1, -0.05) is 0 Å². The highest BCUT2D eigenvalue weighted by Gasteiger charge is 2.16. The van der Waals surface area contributed by atoms with Crippen molar-refractivity contribution in [2.24, 2.45) is 22.9 Å². The Balaban J connectivity index is -0.000000276. The number of carbonyl (C=O) groups excluding carboxylic acids is 1. The highest BCUT2D eigenvalue weighted by atomic mass is 16.4. The maximum absolute atomic E-state index is 10.1. The molecule has 12 heteroatoms. The summed E-state index contributed by atoms with van der Waals surface area (Å²) in [6, 6.07) is -2.14. The van der Waals surface area contributed by atoms with Gasteiger partial charge in [-0.3, -0.25) is 19.2 Å². The lowest BCUT2D eigenvalue weighted by Crippen LogP contribution is -2.39. The Morgan fingerprint density at radius 3 is 1.52 bits per heavy atom. The van der Waals surface area contributed by atoms with E-state index in [0.717, 1.165) is 0 Å². The standard InChI is InChI=1S/C5H10N2O3.C4H9NO3.C2H5NO2/c6-3(5(9)10)1-2-4(7)8;1-2(6)3(5)4(7)8;3-1-2(4)5/h3H,1-2,6H2,(H2,7,8)(H,9,10);2-3,6H,5H2,1H3,(H,7,8);1,3H2,(H,4,5). The number of carboxylic acids is 3. The fourth-order valence-electron chi connectivity index (χ4n) is 0.628. The molecular formula is C11H24N4O8. The molecule has 0 radical (unpaired) electrons. The molecule has 0 aliphatic carbocycles. The van der Waals surface area contributed by atoms with Gasteiger partial charge in [-0.05, 0) is 13.3 Å². The molecule has 12 nitrogen and oxygen atoms in total. The van der Waals surface area contributed by atoms with E-state index in [1.165, 1.54) is 6.92 Å². The van der Waals surface area contributed by atoms with Crippen LogP contribution in [0.15, 0.2) is 0 Å². The number of aliphatic hydroxyl groups excluding tert-OH is 1. The molecule has 23 heavy (non-hydrogen) atoms. The number of nitrogens with two attached hydrogens (primary N) is 4. The molecule has 12 N–H and O–H groups in total. The van der Waals surface area contributed by atoms with E-state index in [2.05, 4.69) is 5.73 Å². The van der Waals surface area contributed by atoms with Crippen LogP contribution < -0.4 is 22.9 Å². The first-order valence-electron chi connectivity index (χ1n) is 6.21. The lowest BCUT2D eigenvalue weighted by molar-refractivity contribution is -0.141. The molecule has 0 saturated carbocycles. The van der Waals surface area contributed by atoms with E-state index >= 15 is 0 Å². The number of hydrogen-bond acceptors (Lipinski definition) is 8. The van der Waals surface area contributed by atoms with Crippen LogP contribution in [0, 0.1) is 0 Å². The van der Waals surface area contributed by atoms with E-state index in [1.54, 1.807) is 0 Å². The molecule has 1 amide bonds. The Morgan fingerprint density at radius 2 is 1.39 bits per heavy atom. The van der Waals surface area contributed by atoms with Gasteiger partial charge in [-0.15, -0.1) is 0 Å². The zero-order valence-corrected chi connectivity index (χ0v) is 12.6. The number of carboxylic acid groups (broad SMARTS) is 3. The Labute approximate surface area is 132 Å². The molecule has 3 atom stereocenters. The van der Waals surface area contributed by atoms with Gasteiger partial charge in [0.05, 0.1) is 12.6 Å². The van der Waals surface area contributed by atoms with Crippen molar-refractivity contribution < 1.29 is 39.6 Å². The first-order valence-corrected chi connectivity index (χ1v) is 6.21. The number of primary amides is 1. The second kappa shape index (κ2) is 14.6. The molecule has 136 valence electrons. The minimum absolute atomic E-state index is 0.0213. The summed E-state index contributed by atoms with van der Waals surface area (Å²) >= 11 is 0. The van der Waals surface area contributed by atoms with Gasteiger partial charge in [0.1, 0.15) is 12.1 Å². The Hall–Kier alpha value is -2.28. The molecule has 0 aliphatic rings. The predicted octanol–water partition coefficient (Wildman–Crippen LogP) is -3.53. The number of hydrogen-bond donors (Lipinski definition) is 8. The molecule has 0 bridgehead atoms. The first-order chi connectivity index (χ1) is 10.4. The highest BCUT2D eigenvalue weighted by Crippen LogP contribution is 1.92. The largest absolute Gasteiger partial charge is 0.480 e. The second-order valence-corrected chi connectivity index (χ2v) is 4.15. The summed E-state index contributed by atoms with van der Waals surface area (Å²) in [6.07, 6.45) is -0.856. The quantitative estimate of drug-likeness (QED) is 0.225. The predicted molar refractivity (Wildman–Crippen MR) is 78.0 cm³/mol. The van der Waals surface area contributed by atoms with Gasteiger partial charge < -0.3 is 43.4 Å². The van der Waals surface area contributed by atoms with Crippen LogP contribution in [0.2, 0.25) is 0 Å². The van der Waals surface area contributed by atoms with Crippen LogP contribution in [0.5, 0.6) is 0 Å². The lowest BCUT2D eigenvalue weighted by atomic mass is 10.2. The smallest absolute Gasteiger partial charge is 0.323 e. The van der Waals surface area contributed by atoms with E-state index in [-0.39, 0.29) is 19.4 Å². The average molecular weight is 340 g/mol. The van der Waals surface area contributed by atoms with Crippen LogP contribution in [0.4, 0.5) is 0 Å². The van der Waals surface area contributed by atoms with Crippen LogP contribution >= 0.6 is 0 Å². The number of aliphatic carboxylic acids is 3. The molecular weight excluding hydrogens is 316 g/mol. The van der Waals surface area contributed by atoms with Gasteiger partial charge in [-0.2, -0.15) is 0 Å². The van der Waals surface area contributed by atoms with Crippen LogP contribution in [0.3, 0.4) is 0 Å². The Bertz CT molecular complexity index is 388.